The van der Waals surface area contributed by atoms with Gasteiger partial charge in [0.2, 0.25) is 35.4 Å². The van der Waals surface area contributed by atoms with Gasteiger partial charge in [0.05, 0.1) is 25.2 Å². The van der Waals surface area contributed by atoms with E-state index in [1.807, 2.05) is 0 Å². The first-order valence-electron chi connectivity index (χ1n) is 10.5. The van der Waals surface area contributed by atoms with E-state index in [0.29, 0.717) is 5.69 Å². The van der Waals surface area contributed by atoms with Crippen LogP contribution in [-0.2, 0) is 40.0 Å². The average molecular weight is 511 g/mol. The zero-order chi connectivity index (χ0) is 27.4. The van der Waals surface area contributed by atoms with E-state index in [1.54, 1.807) is 0 Å². The molecule has 4 unspecified atom stereocenters. The summed E-state index contributed by atoms with van der Waals surface area (Å²) in [7, 11) is 0. The summed E-state index contributed by atoms with van der Waals surface area (Å²) in [6.45, 7) is 0. The number of carbonyl (C=O) groups is 7. The largest absolute Gasteiger partial charge is 0.480 e. The third kappa shape index (κ3) is 10.6. The first-order chi connectivity index (χ1) is 16.8. The number of primary amides is 3. The summed E-state index contributed by atoms with van der Waals surface area (Å²) in [6.07, 6.45) is 0.594. The van der Waals surface area contributed by atoms with Crippen molar-refractivity contribution in [2.24, 2.45) is 22.9 Å². The minimum absolute atomic E-state index is 0.165. The molecule has 0 aliphatic rings. The summed E-state index contributed by atoms with van der Waals surface area (Å²) >= 11 is 0. The van der Waals surface area contributed by atoms with E-state index >= 15 is 0 Å². The van der Waals surface area contributed by atoms with Crippen molar-refractivity contribution in [2.75, 3.05) is 0 Å². The van der Waals surface area contributed by atoms with Crippen molar-refractivity contribution >= 4 is 41.4 Å². The Bertz CT molecular complexity index is 982. The topological polar surface area (TPSA) is 309 Å². The molecule has 198 valence electrons. The number of H-pyrrole nitrogens is 1. The van der Waals surface area contributed by atoms with Crippen LogP contribution in [0, 0.1) is 0 Å². The molecular weight excluding hydrogens is 482 g/mol. The minimum Gasteiger partial charge on any atom is -0.480 e. The quantitative estimate of drug-likeness (QED) is 0.102. The molecule has 0 saturated carbocycles. The van der Waals surface area contributed by atoms with Crippen LogP contribution in [0.5, 0.6) is 0 Å². The number of nitrogens with one attached hydrogen (secondary N) is 4. The van der Waals surface area contributed by atoms with Crippen molar-refractivity contribution in [3.63, 3.8) is 0 Å². The molecular formula is C19H29N9O8. The van der Waals surface area contributed by atoms with Gasteiger partial charge >= 0.3 is 5.97 Å². The van der Waals surface area contributed by atoms with Crippen molar-refractivity contribution in [3.05, 3.63) is 18.2 Å². The van der Waals surface area contributed by atoms with E-state index in [-0.39, 0.29) is 19.3 Å². The second kappa shape index (κ2) is 14.0. The highest BCUT2D eigenvalue weighted by atomic mass is 16.4. The lowest BCUT2D eigenvalue weighted by Crippen LogP contribution is -2.58. The second-order valence-corrected chi connectivity index (χ2v) is 7.76. The number of aliphatic carboxylic acids is 1. The molecule has 0 saturated heterocycles. The average Bonchev–Trinajstić information content (AvgIpc) is 3.27. The van der Waals surface area contributed by atoms with Gasteiger partial charge in [-0.1, -0.05) is 0 Å². The predicted octanol–water partition coefficient (Wildman–Crippen LogP) is -5.17. The van der Waals surface area contributed by atoms with Crippen LogP contribution in [0.1, 0.15) is 31.4 Å². The van der Waals surface area contributed by atoms with Gasteiger partial charge in [-0.3, -0.25) is 28.8 Å². The maximum atomic E-state index is 13.0. The number of carboxylic acids is 1. The van der Waals surface area contributed by atoms with E-state index in [4.69, 9.17) is 22.9 Å². The number of amides is 6. The number of imidazole rings is 1. The molecule has 1 rings (SSSR count). The number of rotatable bonds is 16. The standard InChI is InChI=1S/C19H29N9O8/c20-9(4-14(22)30)16(32)27-11(3-8-6-24-7-25-8)17(33)28-12(5-15(23)31)18(34)26-10(19(35)36)1-2-13(21)29/h6-7,9-12H,1-5,20H2,(H2,21,29)(H2,22,30)(H2,23,31)(H,24,25)(H,26,34)(H,27,32)(H,28,33)(H,35,36). The summed E-state index contributed by atoms with van der Waals surface area (Å²) in [4.78, 5) is 89.5. The van der Waals surface area contributed by atoms with Crippen LogP contribution in [0.4, 0.5) is 0 Å². The third-order valence-electron chi connectivity index (χ3n) is 4.70. The Kier molecular flexibility index (Phi) is 11.5. The Balaban J connectivity index is 3.06. The van der Waals surface area contributed by atoms with Crippen molar-refractivity contribution in [2.45, 2.75) is 56.3 Å². The molecule has 0 bridgehead atoms. The zero-order valence-electron chi connectivity index (χ0n) is 19.1. The Labute approximate surface area is 204 Å². The van der Waals surface area contributed by atoms with E-state index in [0.717, 1.165) is 0 Å². The summed E-state index contributed by atoms with van der Waals surface area (Å²) in [5.41, 5.74) is 21.2. The lowest BCUT2D eigenvalue weighted by molar-refractivity contribution is -0.142. The Morgan fingerprint density at radius 3 is 1.89 bits per heavy atom. The first kappa shape index (κ1) is 29.5. The van der Waals surface area contributed by atoms with E-state index in [1.165, 1.54) is 12.5 Å². The molecule has 4 atom stereocenters. The van der Waals surface area contributed by atoms with Gasteiger partial charge in [-0.2, -0.15) is 0 Å². The van der Waals surface area contributed by atoms with Gasteiger partial charge in [0.15, 0.2) is 0 Å². The highest BCUT2D eigenvalue weighted by Crippen LogP contribution is 2.04. The zero-order valence-corrected chi connectivity index (χ0v) is 19.1. The molecule has 17 nitrogen and oxygen atoms in total. The Morgan fingerprint density at radius 1 is 0.833 bits per heavy atom. The molecule has 0 radical (unpaired) electrons. The van der Waals surface area contributed by atoms with Gasteiger partial charge in [0.1, 0.15) is 18.1 Å². The lowest BCUT2D eigenvalue weighted by atomic mass is 10.1. The smallest absolute Gasteiger partial charge is 0.326 e. The fourth-order valence-corrected chi connectivity index (χ4v) is 2.91. The van der Waals surface area contributed by atoms with Crippen molar-refractivity contribution in [1.82, 2.24) is 25.9 Å². The minimum atomic E-state index is -1.63. The molecule has 1 aromatic heterocycles. The maximum Gasteiger partial charge on any atom is 0.326 e. The molecule has 0 spiro atoms. The molecule has 6 amide bonds. The molecule has 13 N–H and O–H groups in total. The van der Waals surface area contributed by atoms with E-state index < -0.39 is 78.4 Å². The molecule has 0 fully saturated rings. The van der Waals surface area contributed by atoms with E-state index in [9.17, 15) is 38.7 Å². The highest BCUT2D eigenvalue weighted by Gasteiger charge is 2.32. The Morgan fingerprint density at radius 2 is 1.39 bits per heavy atom. The summed E-state index contributed by atoms with van der Waals surface area (Å²) in [5.74, 6) is -7.09. The number of nitrogens with zero attached hydrogens (tertiary/aromatic N) is 1. The van der Waals surface area contributed by atoms with Crippen LogP contribution in [0.15, 0.2) is 12.5 Å². The van der Waals surface area contributed by atoms with Crippen molar-refractivity contribution in [3.8, 4) is 0 Å². The van der Waals surface area contributed by atoms with Crippen LogP contribution in [0.2, 0.25) is 0 Å². The molecule has 17 heteroatoms. The van der Waals surface area contributed by atoms with Gasteiger partial charge in [-0.05, 0) is 6.42 Å². The fraction of sp³-hybridized carbons (Fsp3) is 0.474. The van der Waals surface area contributed by atoms with Gasteiger partial charge in [-0.15, -0.1) is 0 Å². The number of hydrogen-bond acceptors (Lipinski definition) is 9. The van der Waals surface area contributed by atoms with Crippen LogP contribution < -0.4 is 38.9 Å². The van der Waals surface area contributed by atoms with Crippen LogP contribution in [0.3, 0.4) is 0 Å². The normalized spacial score (nSPS) is 13.9. The van der Waals surface area contributed by atoms with Gasteiger partial charge in [0.25, 0.3) is 0 Å². The second-order valence-electron chi connectivity index (χ2n) is 7.76. The number of hydrogen-bond donors (Lipinski definition) is 9. The first-order valence-corrected chi connectivity index (χ1v) is 10.5. The number of aromatic nitrogens is 2. The fourth-order valence-electron chi connectivity index (χ4n) is 2.91. The van der Waals surface area contributed by atoms with Crippen LogP contribution in [-0.4, -0.2) is 80.7 Å². The molecule has 36 heavy (non-hydrogen) atoms. The lowest BCUT2D eigenvalue weighted by Gasteiger charge is -2.24. The van der Waals surface area contributed by atoms with Gasteiger partial charge in [-0.25, -0.2) is 9.78 Å². The van der Waals surface area contributed by atoms with Crippen LogP contribution >= 0.6 is 0 Å². The van der Waals surface area contributed by atoms with Gasteiger partial charge in [0, 0.05) is 24.7 Å². The van der Waals surface area contributed by atoms with Gasteiger partial charge < -0.3 is 49.0 Å². The molecule has 0 aromatic carbocycles. The third-order valence-corrected chi connectivity index (χ3v) is 4.70. The number of carboxylic acid groups (broad SMARTS) is 1. The summed E-state index contributed by atoms with van der Waals surface area (Å²) in [6, 6.07) is -5.92. The van der Waals surface area contributed by atoms with Crippen LogP contribution in [0.25, 0.3) is 0 Å². The van der Waals surface area contributed by atoms with Crippen molar-refractivity contribution < 1.29 is 38.7 Å². The highest BCUT2D eigenvalue weighted by molar-refractivity contribution is 5.96. The SMILES string of the molecule is NC(=O)CCC(NC(=O)C(CC(N)=O)NC(=O)C(Cc1cnc[nH]1)NC(=O)C(N)CC(N)=O)C(=O)O. The van der Waals surface area contributed by atoms with E-state index in [2.05, 4.69) is 25.9 Å². The monoisotopic (exact) mass is 511 g/mol. The van der Waals surface area contributed by atoms with Crippen molar-refractivity contribution in [1.29, 1.82) is 0 Å². The number of aromatic amines is 1. The summed E-state index contributed by atoms with van der Waals surface area (Å²) in [5, 5.41) is 15.9. The summed E-state index contributed by atoms with van der Waals surface area (Å²) < 4.78 is 0. The predicted molar refractivity (Wildman–Crippen MR) is 120 cm³/mol. The Hall–Kier alpha value is -4.54. The number of nitrogens with two attached hydrogens (primary N) is 4. The number of carbonyl (C=O) groups excluding carboxylic acids is 6. The molecule has 0 aliphatic heterocycles. The maximum absolute atomic E-state index is 13.0. The molecule has 1 heterocycles. The molecule has 0 aliphatic carbocycles. The molecule has 1 aromatic rings.